The van der Waals surface area contributed by atoms with Crippen molar-refractivity contribution in [3.63, 3.8) is 0 Å². The molecule has 0 aromatic carbocycles. The lowest BCUT2D eigenvalue weighted by molar-refractivity contribution is -0.130. The highest BCUT2D eigenvalue weighted by atomic mass is 16.6. The number of amides is 1. The largest absolute Gasteiger partial charge is 0.446 e. The van der Waals surface area contributed by atoms with Gasteiger partial charge in [0, 0.05) is 13.1 Å². The maximum absolute atomic E-state index is 13.4. The summed E-state index contributed by atoms with van der Waals surface area (Å²) in [5.41, 5.74) is 12.4. The quantitative estimate of drug-likeness (QED) is 0.144. The van der Waals surface area contributed by atoms with Crippen molar-refractivity contribution in [1.82, 2.24) is 10.2 Å². The first kappa shape index (κ1) is 36.0. The van der Waals surface area contributed by atoms with Gasteiger partial charge in [0.15, 0.2) is 0 Å². The number of rotatable bonds is 17. The molecule has 0 aromatic heterocycles. The normalized spacial score (nSPS) is 35.5. The molecule has 4 fully saturated rings. The lowest BCUT2D eigenvalue weighted by atomic mass is 9.44. The molecule has 6 heteroatoms. The van der Waals surface area contributed by atoms with Crippen LogP contribution >= 0.6 is 0 Å². The summed E-state index contributed by atoms with van der Waals surface area (Å²) in [4.78, 5) is 15.3. The first-order chi connectivity index (χ1) is 21.1. The maximum atomic E-state index is 13.4. The highest BCUT2D eigenvalue weighted by Gasteiger charge is 2.60. The average Bonchev–Trinajstić information content (AvgIpc) is 3.35. The molecule has 44 heavy (non-hydrogen) atoms. The summed E-state index contributed by atoms with van der Waals surface area (Å²) in [6.45, 7) is 17.4. The van der Waals surface area contributed by atoms with Crippen LogP contribution in [-0.4, -0.2) is 56.4 Å². The summed E-state index contributed by atoms with van der Waals surface area (Å²) < 4.78 is 6.28. The van der Waals surface area contributed by atoms with Crippen LogP contribution in [0.1, 0.15) is 137 Å². The van der Waals surface area contributed by atoms with E-state index in [9.17, 15) is 4.79 Å². The summed E-state index contributed by atoms with van der Waals surface area (Å²) >= 11 is 0. The Balaban J connectivity index is 1.29. The van der Waals surface area contributed by atoms with Gasteiger partial charge in [-0.3, -0.25) is 0 Å². The highest BCUT2D eigenvalue weighted by molar-refractivity contribution is 5.67. The van der Waals surface area contributed by atoms with Gasteiger partial charge >= 0.3 is 6.09 Å². The third kappa shape index (κ3) is 8.54. The SMILES string of the molecule is CC(C)CCC[C@@H](C)[C@H]1CC[C@H]2[C@@H]3CCC4C[C@@H](OC(=O)N(CCCN)CCCCNCCCN)CC[C@]4(C)[C@H]3CC[C@]12C. The topological polar surface area (TPSA) is 93.6 Å². The van der Waals surface area contributed by atoms with Crippen molar-refractivity contribution < 1.29 is 9.53 Å². The van der Waals surface area contributed by atoms with E-state index in [1.807, 2.05) is 4.90 Å². The third-order valence-corrected chi connectivity index (χ3v) is 13.6. The number of carbonyl (C=O) groups excluding carboxylic acids is 1. The number of fused-ring (bicyclic) bond motifs is 5. The zero-order chi connectivity index (χ0) is 31.7. The molecule has 0 heterocycles. The minimum atomic E-state index is -0.107. The minimum Gasteiger partial charge on any atom is -0.446 e. The van der Waals surface area contributed by atoms with Crippen LogP contribution in [0.3, 0.4) is 0 Å². The van der Waals surface area contributed by atoms with Crippen LogP contribution in [0.5, 0.6) is 0 Å². The number of nitrogens with two attached hydrogens (primary N) is 2. The van der Waals surface area contributed by atoms with Gasteiger partial charge in [-0.25, -0.2) is 4.79 Å². The molecule has 0 aliphatic heterocycles. The molecule has 0 bridgehead atoms. The number of nitrogens with zero attached hydrogens (tertiary/aromatic N) is 1. The van der Waals surface area contributed by atoms with Gasteiger partial charge in [-0.2, -0.15) is 0 Å². The van der Waals surface area contributed by atoms with Crippen molar-refractivity contribution in [2.24, 2.45) is 63.7 Å². The Hall–Kier alpha value is -0.850. The predicted molar refractivity (Wildman–Crippen MR) is 184 cm³/mol. The third-order valence-electron chi connectivity index (χ3n) is 13.6. The summed E-state index contributed by atoms with van der Waals surface area (Å²) in [5, 5.41) is 3.44. The molecule has 4 rings (SSSR count). The molecule has 256 valence electrons. The number of nitrogens with one attached hydrogen (secondary N) is 1. The lowest BCUT2D eigenvalue weighted by Gasteiger charge is -2.61. The van der Waals surface area contributed by atoms with Crippen LogP contribution in [0.15, 0.2) is 0 Å². The second-order valence-electron chi connectivity index (χ2n) is 16.7. The second kappa shape index (κ2) is 16.8. The van der Waals surface area contributed by atoms with Gasteiger partial charge < -0.3 is 26.4 Å². The van der Waals surface area contributed by atoms with Crippen LogP contribution in [0.4, 0.5) is 4.79 Å². The Morgan fingerprint density at radius 1 is 0.818 bits per heavy atom. The van der Waals surface area contributed by atoms with E-state index >= 15 is 0 Å². The molecule has 0 radical (unpaired) electrons. The molecular weight excluding hydrogens is 544 g/mol. The molecular formula is C38H72N4O2. The molecule has 0 spiro atoms. The van der Waals surface area contributed by atoms with Crippen LogP contribution in [-0.2, 0) is 4.74 Å². The number of hydrogen-bond acceptors (Lipinski definition) is 5. The Labute approximate surface area is 271 Å². The smallest absolute Gasteiger partial charge is 0.410 e. The van der Waals surface area contributed by atoms with Gasteiger partial charge in [0.1, 0.15) is 6.10 Å². The Morgan fingerprint density at radius 2 is 1.52 bits per heavy atom. The van der Waals surface area contributed by atoms with Crippen LogP contribution in [0.2, 0.25) is 0 Å². The minimum absolute atomic E-state index is 0.0758. The van der Waals surface area contributed by atoms with Crippen molar-refractivity contribution in [2.45, 2.75) is 143 Å². The summed E-state index contributed by atoms with van der Waals surface area (Å²) in [7, 11) is 0. The summed E-state index contributed by atoms with van der Waals surface area (Å²) in [6, 6.07) is 0. The highest BCUT2D eigenvalue weighted by Crippen LogP contribution is 2.68. The van der Waals surface area contributed by atoms with Crippen LogP contribution in [0.25, 0.3) is 0 Å². The molecule has 4 aliphatic rings. The first-order valence-electron chi connectivity index (χ1n) is 19.2. The maximum Gasteiger partial charge on any atom is 0.410 e. The zero-order valence-electron chi connectivity index (χ0n) is 29.6. The van der Waals surface area contributed by atoms with E-state index in [1.165, 1.54) is 64.2 Å². The van der Waals surface area contributed by atoms with Gasteiger partial charge in [0.05, 0.1) is 0 Å². The fourth-order valence-corrected chi connectivity index (χ4v) is 11.0. The van der Waals surface area contributed by atoms with Crippen molar-refractivity contribution in [2.75, 3.05) is 39.3 Å². The zero-order valence-corrected chi connectivity index (χ0v) is 29.6. The molecule has 4 aliphatic carbocycles. The fourth-order valence-electron chi connectivity index (χ4n) is 11.0. The van der Waals surface area contributed by atoms with E-state index in [0.29, 0.717) is 29.8 Å². The number of ether oxygens (including phenoxy) is 1. The van der Waals surface area contributed by atoms with E-state index in [2.05, 4.69) is 39.9 Å². The van der Waals surface area contributed by atoms with Gasteiger partial charge in [0.2, 0.25) is 0 Å². The van der Waals surface area contributed by atoms with Gasteiger partial charge in [0.25, 0.3) is 0 Å². The second-order valence-corrected chi connectivity index (χ2v) is 16.7. The predicted octanol–water partition coefficient (Wildman–Crippen LogP) is 7.98. The molecule has 9 atom stereocenters. The number of unbranched alkanes of at least 4 members (excludes halogenated alkanes) is 1. The van der Waals surface area contributed by atoms with E-state index in [4.69, 9.17) is 16.2 Å². The Morgan fingerprint density at radius 3 is 2.27 bits per heavy atom. The Kier molecular flexibility index (Phi) is 13.8. The van der Waals surface area contributed by atoms with E-state index < -0.39 is 0 Å². The van der Waals surface area contributed by atoms with Crippen molar-refractivity contribution in [1.29, 1.82) is 0 Å². The van der Waals surface area contributed by atoms with Crippen molar-refractivity contribution in [3.05, 3.63) is 0 Å². The van der Waals surface area contributed by atoms with Gasteiger partial charge in [-0.15, -0.1) is 0 Å². The average molecular weight is 617 g/mol. The molecule has 5 N–H and O–H groups in total. The van der Waals surface area contributed by atoms with Gasteiger partial charge in [-0.1, -0.05) is 53.9 Å². The fraction of sp³-hybridized carbons (Fsp3) is 0.974. The molecule has 1 unspecified atom stereocenters. The van der Waals surface area contributed by atoms with E-state index in [0.717, 1.165) is 100 Å². The summed E-state index contributed by atoms with van der Waals surface area (Å²) in [5.74, 6) is 6.04. The standard InChI is InChI=1S/C38H72N4O2/c1-28(2)11-8-12-29(3)33-15-16-34-32-14-13-30-27-31(17-19-37(30,4)35(32)18-20-38(33,34)5)44-36(43)42(26-10-22-40)25-7-6-23-41-24-9-21-39/h28-35,41H,6-27,39-40H2,1-5H3/t29-,30?,31+,32+,33-,34+,35+,37+,38-/m1/s1. The van der Waals surface area contributed by atoms with Crippen LogP contribution < -0.4 is 16.8 Å². The number of hydrogen-bond donors (Lipinski definition) is 3. The van der Waals surface area contributed by atoms with Crippen molar-refractivity contribution in [3.8, 4) is 0 Å². The van der Waals surface area contributed by atoms with Crippen LogP contribution in [0, 0.1) is 52.3 Å². The molecule has 0 saturated heterocycles. The molecule has 6 nitrogen and oxygen atoms in total. The Bertz CT molecular complexity index is 868. The van der Waals surface area contributed by atoms with Gasteiger partial charge in [-0.05, 0) is 162 Å². The lowest BCUT2D eigenvalue weighted by Crippen LogP contribution is -2.54. The van der Waals surface area contributed by atoms with E-state index in [-0.39, 0.29) is 12.2 Å². The monoisotopic (exact) mass is 617 g/mol. The number of carbonyl (C=O) groups is 1. The van der Waals surface area contributed by atoms with E-state index in [1.54, 1.807) is 0 Å². The van der Waals surface area contributed by atoms with Crippen molar-refractivity contribution >= 4 is 6.09 Å². The molecule has 1 amide bonds. The summed E-state index contributed by atoms with van der Waals surface area (Å²) in [6.07, 6.45) is 20.0. The molecule has 4 saturated carbocycles. The molecule has 0 aromatic rings. The first-order valence-corrected chi connectivity index (χ1v) is 19.2.